The Morgan fingerprint density at radius 3 is 2.27 bits per heavy atom. The molecule has 0 aliphatic rings. The average molecular weight is 594 g/mol. The van der Waals surface area contributed by atoms with E-state index in [0.717, 1.165) is 27.1 Å². The van der Waals surface area contributed by atoms with Gasteiger partial charge in [0, 0.05) is 16.7 Å². The molecule has 0 aliphatic carbocycles. The predicted octanol–water partition coefficient (Wildman–Crippen LogP) is 5.97. The van der Waals surface area contributed by atoms with Gasteiger partial charge >= 0.3 is 0 Å². The van der Waals surface area contributed by atoms with Crippen LogP contribution in [0.2, 0.25) is 5.02 Å². The van der Waals surface area contributed by atoms with Crippen molar-refractivity contribution in [2.24, 2.45) is 0 Å². The number of nitro benzene ring substituents is 1. The first-order chi connectivity index (χ1) is 19.5. The van der Waals surface area contributed by atoms with Crippen molar-refractivity contribution in [1.82, 2.24) is 5.32 Å². The highest BCUT2D eigenvalue weighted by molar-refractivity contribution is 7.92. The van der Waals surface area contributed by atoms with Crippen LogP contribution >= 0.6 is 11.6 Å². The summed E-state index contributed by atoms with van der Waals surface area (Å²) in [5, 5.41) is 14.7. The summed E-state index contributed by atoms with van der Waals surface area (Å²) in [5.74, 6) is -0.475. The van der Waals surface area contributed by atoms with Gasteiger partial charge in [-0.05, 0) is 49.2 Å². The number of anilines is 1. The Morgan fingerprint density at radius 1 is 0.976 bits per heavy atom. The summed E-state index contributed by atoms with van der Waals surface area (Å²) in [7, 11) is -3.15. The van der Waals surface area contributed by atoms with Crippen LogP contribution in [0.1, 0.15) is 28.3 Å². The fourth-order valence-electron chi connectivity index (χ4n) is 4.33. The molecule has 212 valence electrons. The summed E-state index contributed by atoms with van der Waals surface area (Å²) in [6.45, 7) is 2.81. The third kappa shape index (κ3) is 6.67. The second-order valence-corrected chi connectivity index (χ2v) is 11.7. The van der Waals surface area contributed by atoms with Crippen molar-refractivity contribution in [3.05, 3.63) is 128 Å². The number of rotatable bonds is 10. The lowest BCUT2D eigenvalue weighted by atomic mass is 9.98. The summed E-state index contributed by atoms with van der Waals surface area (Å²) in [6, 6.07) is 24.3. The van der Waals surface area contributed by atoms with Gasteiger partial charge in [-0.2, -0.15) is 0 Å². The van der Waals surface area contributed by atoms with Gasteiger partial charge in [0.25, 0.3) is 15.7 Å². The van der Waals surface area contributed by atoms with Gasteiger partial charge < -0.3 is 10.1 Å². The largest absolute Gasteiger partial charge is 0.495 e. The van der Waals surface area contributed by atoms with E-state index < -0.39 is 33.4 Å². The molecule has 0 spiro atoms. The molecule has 4 aromatic carbocycles. The Balaban J connectivity index is 1.78. The molecule has 0 aliphatic heterocycles. The normalized spacial score (nSPS) is 11.9. The van der Waals surface area contributed by atoms with Gasteiger partial charge in [-0.25, -0.2) is 8.42 Å². The number of nitrogens with zero attached hydrogens (tertiary/aromatic N) is 2. The molecule has 0 saturated carbocycles. The van der Waals surface area contributed by atoms with E-state index in [0.29, 0.717) is 5.56 Å². The highest BCUT2D eigenvalue weighted by atomic mass is 35.5. The number of benzene rings is 4. The van der Waals surface area contributed by atoms with Crippen LogP contribution in [-0.2, 0) is 14.8 Å². The lowest BCUT2D eigenvalue weighted by Crippen LogP contribution is -2.42. The van der Waals surface area contributed by atoms with Crippen LogP contribution in [0, 0.1) is 24.0 Å². The molecule has 0 unspecified atom stereocenters. The molecule has 4 rings (SSSR count). The Kier molecular flexibility index (Phi) is 8.95. The van der Waals surface area contributed by atoms with Gasteiger partial charge in [0.1, 0.15) is 12.3 Å². The number of aryl methyl sites for hydroxylation is 2. The average Bonchev–Trinajstić information content (AvgIpc) is 2.95. The zero-order chi connectivity index (χ0) is 29.7. The molecule has 1 atom stereocenters. The maximum atomic E-state index is 14.0. The first kappa shape index (κ1) is 29.6. The number of carbonyl (C=O) groups is 1. The van der Waals surface area contributed by atoms with Crippen molar-refractivity contribution < 1.29 is 22.9 Å². The van der Waals surface area contributed by atoms with Crippen LogP contribution in [0.5, 0.6) is 5.75 Å². The summed E-state index contributed by atoms with van der Waals surface area (Å²) in [4.78, 5) is 24.2. The van der Waals surface area contributed by atoms with E-state index in [4.69, 9.17) is 16.3 Å². The number of nitro groups is 1. The number of amides is 1. The van der Waals surface area contributed by atoms with E-state index in [1.54, 1.807) is 0 Å². The molecule has 1 amide bonds. The third-order valence-electron chi connectivity index (χ3n) is 6.51. The minimum absolute atomic E-state index is 0.00461. The first-order valence-electron chi connectivity index (χ1n) is 12.5. The molecule has 0 saturated heterocycles. The zero-order valence-electron chi connectivity index (χ0n) is 22.6. The highest BCUT2D eigenvalue weighted by Gasteiger charge is 2.32. The number of sulfonamides is 1. The molecule has 0 aromatic heterocycles. The van der Waals surface area contributed by atoms with E-state index in [-0.39, 0.29) is 27.0 Å². The van der Waals surface area contributed by atoms with Crippen LogP contribution in [0.3, 0.4) is 0 Å². The molecular weight excluding hydrogens is 566 g/mol. The summed E-state index contributed by atoms with van der Waals surface area (Å²) >= 11 is 6.23. The second kappa shape index (κ2) is 12.4. The Labute approximate surface area is 243 Å². The van der Waals surface area contributed by atoms with Crippen molar-refractivity contribution in [1.29, 1.82) is 0 Å². The standard InChI is InChI=1S/C30H28ClN3O6S/c1-20-9-12-23(13-10-20)30(22-7-5-4-6-8-22)32-29(35)19-33(27-17-24(31)14-16-28(27)40-3)41(38,39)25-15-11-21(2)26(18-25)34(36)37/h4-18,30H,19H2,1-3H3,(H,32,35)/t30-/m0/s1. The van der Waals surface area contributed by atoms with E-state index in [1.807, 2.05) is 61.5 Å². The summed E-state index contributed by atoms with van der Waals surface area (Å²) < 4.78 is 34.3. The summed E-state index contributed by atoms with van der Waals surface area (Å²) in [6.07, 6.45) is 0. The maximum Gasteiger partial charge on any atom is 0.273 e. The monoisotopic (exact) mass is 593 g/mol. The third-order valence-corrected chi connectivity index (χ3v) is 8.50. The molecule has 0 bridgehead atoms. The van der Waals surface area contributed by atoms with Crippen molar-refractivity contribution in [3.63, 3.8) is 0 Å². The van der Waals surface area contributed by atoms with Crippen molar-refractivity contribution in [3.8, 4) is 5.75 Å². The van der Waals surface area contributed by atoms with Crippen LogP contribution in [0.15, 0.2) is 95.9 Å². The number of hydrogen-bond donors (Lipinski definition) is 1. The number of hydrogen-bond acceptors (Lipinski definition) is 6. The van der Waals surface area contributed by atoms with Gasteiger partial charge in [-0.3, -0.25) is 19.2 Å². The van der Waals surface area contributed by atoms with E-state index in [1.165, 1.54) is 44.4 Å². The molecule has 9 nitrogen and oxygen atoms in total. The number of ether oxygens (including phenoxy) is 1. The van der Waals surface area contributed by atoms with Gasteiger partial charge in [0.15, 0.2) is 0 Å². The van der Waals surface area contributed by atoms with E-state index in [2.05, 4.69) is 5.32 Å². The quantitative estimate of drug-likeness (QED) is 0.179. The highest BCUT2D eigenvalue weighted by Crippen LogP contribution is 2.36. The molecular formula is C30H28ClN3O6S. The minimum atomic E-state index is -4.51. The van der Waals surface area contributed by atoms with Gasteiger partial charge in [0.05, 0.1) is 28.7 Å². The van der Waals surface area contributed by atoms with Gasteiger partial charge in [0.2, 0.25) is 5.91 Å². The molecule has 1 N–H and O–H groups in total. The molecule has 0 radical (unpaired) electrons. The van der Waals surface area contributed by atoms with E-state index >= 15 is 0 Å². The smallest absolute Gasteiger partial charge is 0.273 e. The van der Waals surface area contributed by atoms with Crippen LogP contribution in [0.25, 0.3) is 0 Å². The number of nitrogens with one attached hydrogen (secondary N) is 1. The Bertz CT molecular complexity index is 1680. The van der Waals surface area contributed by atoms with Crippen LogP contribution < -0.4 is 14.4 Å². The Hall–Kier alpha value is -4.41. The maximum absolute atomic E-state index is 14.0. The molecule has 11 heteroatoms. The Morgan fingerprint density at radius 2 is 1.63 bits per heavy atom. The lowest BCUT2D eigenvalue weighted by Gasteiger charge is -2.27. The van der Waals surface area contributed by atoms with Crippen LogP contribution in [0.4, 0.5) is 11.4 Å². The number of carbonyl (C=O) groups excluding carboxylic acids is 1. The zero-order valence-corrected chi connectivity index (χ0v) is 24.1. The van der Waals surface area contributed by atoms with Crippen molar-refractivity contribution in [2.45, 2.75) is 24.8 Å². The second-order valence-electron chi connectivity index (χ2n) is 9.36. The fourth-order valence-corrected chi connectivity index (χ4v) is 5.94. The first-order valence-corrected chi connectivity index (χ1v) is 14.3. The molecule has 0 heterocycles. The molecule has 41 heavy (non-hydrogen) atoms. The van der Waals surface area contributed by atoms with E-state index in [9.17, 15) is 23.3 Å². The van der Waals surface area contributed by atoms with Crippen LogP contribution in [-0.4, -0.2) is 32.9 Å². The number of methoxy groups -OCH3 is 1. The van der Waals surface area contributed by atoms with Gasteiger partial charge in [-0.1, -0.05) is 77.8 Å². The summed E-state index contributed by atoms with van der Waals surface area (Å²) in [5.41, 5.74) is 2.58. The number of halogens is 1. The SMILES string of the molecule is COc1ccc(Cl)cc1N(CC(=O)N[C@@H](c1ccccc1)c1ccc(C)cc1)S(=O)(=O)c1ccc(C)c([N+](=O)[O-])c1. The topological polar surface area (TPSA) is 119 Å². The molecule has 4 aromatic rings. The predicted molar refractivity (Wildman–Crippen MR) is 158 cm³/mol. The minimum Gasteiger partial charge on any atom is -0.495 e. The van der Waals surface area contributed by atoms with Crippen molar-refractivity contribution in [2.75, 3.05) is 18.0 Å². The fraction of sp³-hybridized carbons (Fsp3) is 0.167. The lowest BCUT2D eigenvalue weighted by molar-refractivity contribution is -0.385. The molecule has 0 fully saturated rings. The van der Waals surface area contributed by atoms with Crippen molar-refractivity contribution >= 4 is 38.9 Å². The van der Waals surface area contributed by atoms with Gasteiger partial charge in [-0.15, -0.1) is 0 Å².